The molecular weight excluding hydrogens is 1340 g/mol. The Morgan fingerprint density at radius 3 is 0.816 bits per heavy atom. The SMILES string of the molecule is CC/C=C\C/C=C\C/C=C\C/C=C\C/C=C\CCCCCCCCCCCCCCCC(=O)OCC(O)COP(=O)(O)OCC(O)COP(=O)(O)OCC(COC(=O)CCCCCCC/C=C\C/C=C\C/C=C\C/C=C\CCCCC)OC(=O)CCCCCCCCC/C=C\C/C=C\C/C=C\CC. The van der Waals surface area contributed by atoms with Crippen LogP contribution in [0.2, 0.25) is 0 Å². The van der Waals surface area contributed by atoms with Crippen LogP contribution in [0.3, 0.4) is 0 Å². The first-order valence-electron chi connectivity index (χ1n) is 40.1. The molecule has 0 bridgehead atoms. The van der Waals surface area contributed by atoms with Crippen molar-refractivity contribution in [3.8, 4) is 0 Å². The van der Waals surface area contributed by atoms with Crippen LogP contribution in [-0.2, 0) is 55.8 Å². The number of phosphoric acid groups is 2. The number of ether oxygens (including phenoxy) is 3. The summed E-state index contributed by atoms with van der Waals surface area (Å²) >= 11 is 0. The van der Waals surface area contributed by atoms with Crippen LogP contribution < -0.4 is 0 Å². The maximum atomic E-state index is 13.0. The third kappa shape index (κ3) is 78.3. The first-order chi connectivity index (χ1) is 50.2. The summed E-state index contributed by atoms with van der Waals surface area (Å²) in [6.07, 6.45) is 94.6. The van der Waals surface area contributed by atoms with Crippen molar-refractivity contribution in [2.75, 3.05) is 39.6 Å². The number of hydrogen-bond acceptors (Lipinski definition) is 14. The van der Waals surface area contributed by atoms with E-state index in [0.29, 0.717) is 19.3 Å². The first-order valence-corrected chi connectivity index (χ1v) is 43.1. The first kappa shape index (κ1) is 98.4. The summed E-state index contributed by atoms with van der Waals surface area (Å²) in [5, 5.41) is 20.7. The second-order valence-electron chi connectivity index (χ2n) is 26.5. The van der Waals surface area contributed by atoms with Crippen molar-refractivity contribution >= 4 is 33.6 Å². The van der Waals surface area contributed by atoms with Gasteiger partial charge >= 0.3 is 33.6 Å². The number of phosphoric ester groups is 2. The molecule has 0 amide bonds. The fourth-order valence-electron chi connectivity index (χ4n) is 10.5. The van der Waals surface area contributed by atoms with Gasteiger partial charge in [0.15, 0.2) is 6.10 Å². The Morgan fingerprint density at radius 2 is 0.515 bits per heavy atom. The molecule has 0 aliphatic heterocycles. The van der Waals surface area contributed by atoms with Crippen LogP contribution >= 0.6 is 15.6 Å². The van der Waals surface area contributed by atoms with Crippen LogP contribution in [0.1, 0.15) is 316 Å². The zero-order chi connectivity index (χ0) is 75.2. The van der Waals surface area contributed by atoms with Gasteiger partial charge in [-0.15, -0.1) is 0 Å². The number of hydrogen-bond donors (Lipinski definition) is 4. The topological polar surface area (TPSA) is 231 Å². The quantitative estimate of drug-likeness (QED) is 0.0146. The standard InChI is InChI=1S/C85H144O16P2/c1-4-7-10-13-16-19-22-25-28-31-33-35-36-37-38-39-40-41-42-44-46-48-50-53-56-59-62-65-68-71-83(88)95-74-80(86)75-97-102(91,92)98-76-81(87)77-99-103(93,94)100-79-82(101-85(90)73-70-67-64-61-58-55-52-47-30-27-24-21-18-15-12-9-6-3)78-96-84(89)72-69-66-63-60-57-54-51-49-45-43-34-32-29-26-23-20-17-14-11-8-5-2/h7,9-10,12,16-21,25-30,33-35,37-38,43,49,51,80-82,86-87H,4-6,8,11,13-15,22-24,31-32,36,39-42,44-48,50,52-79H2,1-3H3,(H,91,92)(H,93,94)/b10-7-,12-9-,19-16-,20-17-,21-18-,28-25-,29-26-,30-27-,35-33-,38-37-,43-34-,51-49-. The number of carbonyl (C=O) groups excluding carboxylic acids is 3. The molecule has 0 saturated heterocycles. The molecule has 0 aromatic rings. The molecule has 0 aromatic heterocycles. The summed E-state index contributed by atoms with van der Waals surface area (Å²) in [6.45, 7) is 2.41. The lowest BCUT2D eigenvalue weighted by Crippen LogP contribution is -2.30. The summed E-state index contributed by atoms with van der Waals surface area (Å²) in [7, 11) is -9.81. The van der Waals surface area contributed by atoms with E-state index < -0.39 is 91.5 Å². The van der Waals surface area contributed by atoms with Gasteiger partial charge in [-0.2, -0.15) is 0 Å². The van der Waals surface area contributed by atoms with Crippen molar-refractivity contribution < 1.29 is 75.8 Å². The molecule has 0 fully saturated rings. The highest BCUT2D eigenvalue weighted by Gasteiger charge is 2.29. The van der Waals surface area contributed by atoms with Crippen LogP contribution in [0.5, 0.6) is 0 Å². The maximum absolute atomic E-state index is 13.0. The van der Waals surface area contributed by atoms with Crippen molar-refractivity contribution in [1.82, 2.24) is 0 Å². The summed E-state index contributed by atoms with van der Waals surface area (Å²) in [5.41, 5.74) is 0. The van der Waals surface area contributed by atoms with Gasteiger partial charge in [0.25, 0.3) is 0 Å². The lowest BCUT2D eigenvalue weighted by atomic mass is 10.0. The number of unbranched alkanes of at least 4 members (excludes halogenated alkanes) is 28. The van der Waals surface area contributed by atoms with E-state index in [-0.39, 0.29) is 19.3 Å². The van der Waals surface area contributed by atoms with Gasteiger partial charge in [-0.25, -0.2) is 9.13 Å². The highest BCUT2D eigenvalue weighted by molar-refractivity contribution is 7.47. The van der Waals surface area contributed by atoms with Crippen LogP contribution in [0.25, 0.3) is 0 Å². The molecule has 4 N–H and O–H groups in total. The van der Waals surface area contributed by atoms with Gasteiger partial charge in [0.2, 0.25) is 0 Å². The molecule has 18 heteroatoms. The number of rotatable bonds is 75. The summed E-state index contributed by atoms with van der Waals surface area (Å²) in [5.74, 6) is -1.61. The lowest BCUT2D eigenvalue weighted by Gasteiger charge is -2.21. The van der Waals surface area contributed by atoms with E-state index in [1.54, 1.807) is 0 Å². The van der Waals surface area contributed by atoms with Crippen molar-refractivity contribution in [2.24, 2.45) is 0 Å². The fraction of sp³-hybridized carbons (Fsp3) is 0.682. The number of esters is 3. The molecule has 0 spiro atoms. The van der Waals surface area contributed by atoms with Gasteiger partial charge in [-0.1, -0.05) is 301 Å². The molecule has 0 saturated carbocycles. The minimum Gasteiger partial charge on any atom is -0.463 e. The molecule has 5 unspecified atom stereocenters. The van der Waals surface area contributed by atoms with Crippen LogP contribution in [0, 0.1) is 0 Å². The average Bonchev–Trinajstić information content (AvgIpc) is 0.914. The monoisotopic (exact) mass is 1480 g/mol. The number of aliphatic hydroxyl groups is 2. The van der Waals surface area contributed by atoms with Crippen molar-refractivity contribution in [2.45, 2.75) is 334 Å². The largest absolute Gasteiger partial charge is 0.472 e. The molecule has 5 atom stereocenters. The highest BCUT2D eigenvalue weighted by Crippen LogP contribution is 2.45. The average molecular weight is 1480 g/mol. The molecule has 0 aliphatic rings. The smallest absolute Gasteiger partial charge is 0.463 e. The van der Waals surface area contributed by atoms with Gasteiger partial charge in [0, 0.05) is 19.3 Å². The Hall–Kier alpha value is -4.57. The molecule has 0 rings (SSSR count). The van der Waals surface area contributed by atoms with Crippen LogP contribution in [0.4, 0.5) is 0 Å². The van der Waals surface area contributed by atoms with Crippen LogP contribution in [-0.4, -0.2) is 95.9 Å². The van der Waals surface area contributed by atoms with E-state index in [2.05, 4.69) is 167 Å². The Kier molecular flexibility index (Phi) is 73.6. The van der Waals surface area contributed by atoms with Crippen molar-refractivity contribution in [3.63, 3.8) is 0 Å². The van der Waals surface area contributed by atoms with Crippen LogP contribution in [0.15, 0.2) is 146 Å². The fourth-order valence-corrected chi connectivity index (χ4v) is 12.1. The third-order valence-corrected chi connectivity index (χ3v) is 18.4. The summed E-state index contributed by atoms with van der Waals surface area (Å²) < 4.78 is 61.2. The number of allylic oxidation sites excluding steroid dienone is 24. The van der Waals surface area contributed by atoms with E-state index in [1.807, 2.05) is 0 Å². The molecule has 0 radical (unpaired) electrons. The van der Waals surface area contributed by atoms with E-state index >= 15 is 0 Å². The Labute approximate surface area is 626 Å². The molecular formula is C85H144O16P2. The van der Waals surface area contributed by atoms with Gasteiger partial charge in [0.05, 0.1) is 26.4 Å². The molecule has 0 aliphatic carbocycles. The van der Waals surface area contributed by atoms with E-state index in [9.17, 15) is 43.5 Å². The summed E-state index contributed by atoms with van der Waals surface area (Å²) in [4.78, 5) is 58.7. The van der Waals surface area contributed by atoms with Gasteiger partial charge < -0.3 is 34.2 Å². The zero-order valence-corrected chi connectivity index (χ0v) is 66.2. The Morgan fingerprint density at radius 1 is 0.282 bits per heavy atom. The third-order valence-electron chi connectivity index (χ3n) is 16.5. The summed E-state index contributed by atoms with van der Waals surface area (Å²) in [6, 6.07) is 0. The normalized spacial score (nSPS) is 14.7. The second-order valence-corrected chi connectivity index (χ2v) is 29.4. The predicted octanol–water partition coefficient (Wildman–Crippen LogP) is 23.7. The highest BCUT2D eigenvalue weighted by atomic mass is 31.2. The van der Waals surface area contributed by atoms with E-state index in [1.165, 1.54) is 83.5 Å². The molecule has 590 valence electrons. The lowest BCUT2D eigenvalue weighted by molar-refractivity contribution is -0.161. The Bertz CT molecular complexity index is 2450. The van der Waals surface area contributed by atoms with Gasteiger partial charge in [-0.05, 0) is 141 Å². The van der Waals surface area contributed by atoms with Gasteiger partial charge in [0.1, 0.15) is 25.4 Å². The Balaban J connectivity index is 4.58. The van der Waals surface area contributed by atoms with E-state index in [0.717, 1.165) is 173 Å². The zero-order valence-electron chi connectivity index (χ0n) is 64.4. The van der Waals surface area contributed by atoms with Crippen molar-refractivity contribution in [3.05, 3.63) is 146 Å². The molecule has 103 heavy (non-hydrogen) atoms. The molecule has 0 aromatic carbocycles. The minimum atomic E-state index is -4.94. The number of aliphatic hydroxyl groups excluding tert-OH is 2. The second kappa shape index (κ2) is 77.1. The van der Waals surface area contributed by atoms with E-state index in [4.69, 9.17) is 32.3 Å². The van der Waals surface area contributed by atoms with Crippen molar-refractivity contribution in [1.29, 1.82) is 0 Å². The number of carbonyl (C=O) groups is 3. The molecule has 0 heterocycles. The molecule has 16 nitrogen and oxygen atoms in total. The maximum Gasteiger partial charge on any atom is 0.472 e. The predicted molar refractivity (Wildman–Crippen MR) is 426 cm³/mol. The minimum absolute atomic E-state index is 0.0854. The van der Waals surface area contributed by atoms with Gasteiger partial charge in [-0.3, -0.25) is 32.5 Å².